The first-order valence-electron chi connectivity index (χ1n) is 8.41. The molecule has 1 aromatic heterocycles. The van der Waals surface area contributed by atoms with Gasteiger partial charge in [0, 0.05) is 18.2 Å². The van der Waals surface area contributed by atoms with Crippen LogP contribution in [0.4, 0.5) is 0 Å². The van der Waals surface area contributed by atoms with Crippen LogP contribution in [0.2, 0.25) is 0 Å². The third kappa shape index (κ3) is 4.15. The van der Waals surface area contributed by atoms with E-state index in [0.29, 0.717) is 0 Å². The Kier molecular flexibility index (Phi) is 5.36. The van der Waals surface area contributed by atoms with Crippen LogP contribution in [0.5, 0.6) is 5.75 Å². The summed E-state index contributed by atoms with van der Waals surface area (Å²) in [7, 11) is 1.75. The lowest BCUT2D eigenvalue weighted by Crippen LogP contribution is -2.20. The highest BCUT2D eigenvalue weighted by Gasteiger charge is 2.16. The third-order valence-electron chi connectivity index (χ3n) is 4.56. The Morgan fingerprint density at radius 2 is 2.09 bits per heavy atom. The summed E-state index contributed by atoms with van der Waals surface area (Å²) in [6.07, 6.45) is 4.33. The molecule has 2 heterocycles. The molecule has 0 saturated carbocycles. The SMILES string of the molecule is COc1ccc([C@H](C)NCc2ccco2)cc1CN1CCCC1. The predicted molar refractivity (Wildman–Crippen MR) is 91.5 cm³/mol. The van der Waals surface area contributed by atoms with Crippen molar-refractivity contribution in [2.75, 3.05) is 20.2 Å². The van der Waals surface area contributed by atoms with Gasteiger partial charge in [0.2, 0.25) is 0 Å². The van der Waals surface area contributed by atoms with Crippen molar-refractivity contribution in [3.05, 3.63) is 53.5 Å². The normalized spacial score (nSPS) is 16.6. The number of methoxy groups -OCH3 is 1. The predicted octanol–water partition coefficient (Wildman–Crippen LogP) is 3.73. The summed E-state index contributed by atoms with van der Waals surface area (Å²) in [6, 6.07) is 10.7. The number of nitrogens with one attached hydrogen (secondary N) is 1. The van der Waals surface area contributed by atoms with Crippen molar-refractivity contribution in [2.45, 2.75) is 38.9 Å². The summed E-state index contributed by atoms with van der Waals surface area (Å²) < 4.78 is 10.9. The topological polar surface area (TPSA) is 37.6 Å². The highest BCUT2D eigenvalue weighted by atomic mass is 16.5. The van der Waals surface area contributed by atoms with Crippen LogP contribution in [0.3, 0.4) is 0 Å². The van der Waals surface area contributed by atoms with Crippen molar-refractivity contribution >= 4 is 0 Å². The summed E-state index contributed by atoms with van der Waals surface area (Å²) in [4.78, 5) is 2.50. The molecule has 1 aliphatic heterocycles. The van der Waals surface area contributed by atoms with Crippen molar-refractivity contribution in [2.24, 2.45) is 0 Å². The van der Waals surface area contributed by atoms with E-state index in [1.165, 1.54) is 37.1 Å². The molecule has 0 spiro atoms. The van der Waals surface area contributed by atoms with Crippen molar-refractivity contribution in [3.8, 4) is 5.75 Å². The molecule has 4 heteroatoms. The number of rotatable bonds is 7. The van der Waals surface area contributed by atoms with Crippen LogP contribution in [-0.2, 0) is 13.1 Å². The maximum Gasteiger partial charge on any atom is 0.123 e. The van der Waals surface area contributed by atoms with Gasteiger partial charge in [0.15, 0.2) is 0 Å². The number of benzene rings is 1. The molecule has 0 bridgehead atoms. The maximum atomic E-state index is 5.55. The second-order valence-corrected chi connectivity index (χ2v) is 6.24. The van der Waals surface area contributed by atoms with Crippen LogP contribution >= 0.6 is 0 Å². The van der Waals surface area contributed by atoms with Crippen LogP contribution in [0.15, 0.2) is 41.0 Å². The van der Waals surface area contributed by atoms with Gasteiger partial charge < -0.3 is 14.5 Å². The van der Waals surface area contributed by atoms with E-state index < -0.39 is 0 Å². The van der Waals surface area contributed by atoms with Crippen LogP contribution in [0.25, 0.3) is 0 Å². The fourth-order valence-electron chi connectivity index (χ4n) is 3.16. The average Bonchev–Trinajstić information content (AvgIpc) is 3.26. The van der Waals surface area contributed by atoms with E-state index in [-0.39, 0.29) is 6.04 Å². The average molecular weight is 314 g/mol. The Balaban J connectivity index is 1.68. The molecule has 1 N–H and O–H groups in total. The van der Waals surface area contributed by atoms with Gasteiger partial charge in [-0.2, -0.15) is 0 Å². The van der Waals surface area contributed by atoms with E-state index in [4.69, 9.17) is 9.15 Å². The van der Waals surface area contributed by atoms with Crippen molar-refractivity contribution in [1.82, 2.24) is 10.2 Å². The fraction of sp³-hybridized carbons (Fsp3) is 0.474. The number of furan rings is 1. The zero-order chi connectivity index (χ0) is 16.1. The van der Waals surface area contributed by atoms with Gasteiger partial charge in [0.05, 0.1) is 19.9 Å². The van der Waals surface area contributed by atoms with Gasteiger partial charge in [0.1, 0.15) is 11.5 Å². The molecule has 0 aliphatic carbocycles. The van der Waals surface area contributed by atoms with Gasteiger partial charge >= 0.3 is 0 Å². The van der Waals surface area contributed by atoms with Crippen LogP contribution < -0.4 is 10.1 Å². The Morgan fingerprint density at radius 3 is 2.78 bits per heavy atom. The lowest BCUT2D eigenvalue weighted by Gasteiger charge is -2.20. The lowest BCUT2D eigenvalue weighted by molar-refractivity contribution is 0.320. The van der Waals surface area contributed by atoms with Crippen molar-refractivity contribution in [3.63, 3.8) is 0 Å². The quantitative estimate of drug-likeness (QED) is 0.845. The molecule has 1 saturated heterocycles. The first-order valence-corrected chi connectivity index (χ1v) is 8.41. The second kappa shape index (κ2) is 7.66. The van der Waals surface area contributed by atoms with Gasteiger partial charge in [-0.1, -0.05) is 6.07 Å². The van der Waals surface area contributed by atoms with Gasteiger partial charge in [-0.25, -0.2) is 0 Å². The molecule has 1 fully saturated rings. The molecule has 1 atom stereocenters. The Hall–Kier alpha value is -1.78. The summed E-state index contributed by atoms with van der Waals surface area (Å²) in [5.41, 5.74) is 2.56. The molecule has 124 valence electrons. The highest BCUT2D eigenvalue weighted by Crippen LogP contribution is 2.26. The zero-order valence-corrected chi connectivity index (χ0v) is 14.0. The van der Waals surface area contributed by atoms with Crippen LogP contribution in [0.1, 0.15) is 42.7 Å². The molecule has 0 unspecified atom stereocenters. The van der Waals surface area contributed by atoms with E-state index in [1.807, 2.05) is 12.1 Å². The molecule has 4 nitrogen and oxygen atoms in total. The molecule has 3 rings (SSSR count). The first kappa shape index (κ1) is 16.1. The second-order valence-electron chi connectivity index (χ2n) is 6.24. The Bertz CT molecular complexity index is 604. The summed E-state index contributed by atoms with van der Waals surface area (Å²) in [5.74, 6) is 1.95. The first-order chi connectivity index (χ1) is 11.3. The van der Waals surface area contributed by atoms with Crippen molar-refractivity contribution in [1.29, 1.82) is 0 Å². The van der Waals surface area contributed by atoms with Crippen LogP contribution in [0, 0.1) is 0 Å². The molecule has 2 aromatic rings. The minimum absolute atomic E-state index is 0.267. The van der Waals surface area contributed by atoms with E-state index in [9.17, 15) is 0 Å². The van der Waals surface area contributed by atoms with E-state index in [2.05, 4.69) is 35.3 Å². The van der Waals surface area contributed by atoms with Gasteiger partial charge in [0.25, 0.3) is 0 Å². The number of hydrogen-bond acceptors (Lipinski definition) is 4. The monoisotopic (exact) mass is 314 g/mol. The zero-order valence-electron chi connectivity index (χ0n) is 14.0. The van der Waals surface area contributed by atoms with E-state index in [0.717, 1.165) is 24.6 Å². The Labute approximate surface area is 138 Å². The number of hydrogen-bond donors (Lipinski definition) is 1. The summed E-state index contributed by atoms with van der Waals surface area (Å²) in [5, 5.41) is 3.51. The third-order valence-corrected chi connectivity index (χ3v) is 4.56. The number of likely N-dealkylation sites (tertiary alicyclic amines) is 1. The molecule has 0 amide bonds. The maximum absolute atomic E-state index is 5.55. The Morgan fingerprint density at radius 1 is 1.26 bits per heavy atom. The molecule has 1 aliphatic rings. The van der Waals surface area contributed by atoms with E-state index >= 15 is 0 Å². The minimum atomic E-state index is 0.267. The summed E-state index contributed by atoms with van der Waals surface area (Å²) >= 11 is 0. The van der Waals surface area contributed by atoms with Gasteiger partial charge in [-0.05, 0) is 62.7 Å². The lowest BCUT2D eigenvalue weighted by atomic mass is 10.0. The van der Waals surface area contributed by atoms with Crippen LogP contribution in [-0.4, -0.2) is 25.1 Å². The summed E-state index contributed by atoms with van der Waals surface area (Å²) in [6.45, 7) is 6.29. The largest absolute Gasteiger partial charge is 0.496 e. The highest BCUT2D eigenvalue weighted by molar-refractivity contribution is 5.38. The molecule has 0 radical (unpaired) electrons. The van der Waals surface area contributed by atoms with Gasteiger partial charge in [-0.3, -0.25) is 4.90 Å². The number of nitrogens with zero attached hydrogens (tertiary/aromatic N) is 1. The molecule has 23 heavy (non-hydrogen) atoms. The minimum Gasteiger partial charge on any atom is -0.496 e. The van der Waals surface area contributed by atoms with E-state index in [1.54, 1.807) is 13.4 Å². The standard InChI is InChI=1S/C19H26N2O2/c1-15(20-13-18-6-5-11-23-18)16-7-8-19(22-2)17(12-16)14-21-9-3-4-10-21/h5-8,11-12,15,20H,3-4,9-10,13-14H2,1-2H3/t15-/m0/s1. The fourth-order valence-corrected chi connectivity index (χ4v) is 3.16. The number of ether oxygens (including phenoxy) is 1. The molecular formula is C19H26N2O2. The van der Waals surface area contributed by atoms with Gasteiger partial charge in [-0.15, -0.1) is 0 Å². The smallest absolute Gasteiger partial charge is 0.123 e. The molecular weight excluding hydrogens is 288 g/mol. The van der Waals surface area contributed by atoms with Crippen molar-refractivity contribution < 1.29 is 9.15 Å². The molecule has 1 aromatic carbocycles.